The van der Waals surface area contributed by atoms with E-state index in [4.69, 9.17) is 71.1 Å². The van der Waals surface area contributed by atoms with Gasteiger partial charge in [-0.2, -0.15) is 0 Å². The van der Waals surface area contributed by atoms with Crippen LogP contribution >= 0.6 is 0 Å². The van der Waals surface area contributed by atoms with E-state index in [9.17, 15) is 142 Å². The second-order valence-corrected chi connectivity index (χ2v) is 26.0. The van der Waals surface area contributed by atoms with Gasteiger partial charge < -0.3 is 210 Å². The lowest BCUT2D eigenvalue weighted by Crippen LogP contribution is -2.71. The van der Waals surface area contributed by atoms with Crippen LogP contribution in [0.3, 0.4) is 0 Å². The van der Waals surface area contributed by atoms with E-state index < -0.39 is 327 Å². The molecule has 8 aliphatic heterocycles. The highest BCUT2D eigenvalue weighted by Gasteiger charge is 2.63. The lowest BCUT2D eigenvalue weighted by Gasteiger charge is -2.51. The van der Waals surface area contributed by atoms with Crippen molar-refractivity contribution in [3.63, 3.8) is 0 Å². The third-order valence-corrected chi connectivity index (χ3v) is 18.8. The molecule has 0 bridgehead atoms. The molecule has 0 aromatic rings. The number of rotatable bonds is 27. The molecule has 8 rings (SSSR count). The number of aliphatic hydroxyl groups is 23. The standard InChI is InChI=1S/C57H95N3O43/c1-13-28(72)35(79)40(84)52(90-13)101-47-36(80)30(74)19(7-62)92-54(47)98-42-22(10-65)94-50(26(33(42)77)59-15(3)68)89-12-24-32(76)46(41(85)53(96-24)97-44-21(9-64)91-49(86)39(83)38(44)82)100-51-27(60-16(4)69)34(78)43(23(11-66)95-51)99-55-48(37(81)31(75)20(8-63)93-55)103-57(56(87)88)5-17(70)25(58-14(2)67)45(102-57)29(73)18(71)6-61/h13,17-55,61-66,70-86H,5-12H2,1-4H3,(H,58,67)(H,59,68)(H,60,69)(H,87,88)/t13-,17-,18+,19+,20+,21+,22+,23+,24+,25+,26+,27+,28+,29+,30-,31-,32-,33+,34+,35+,36-,37-,38+,39+,40-,41+,42+,43+,44+,45+,46-,47+,48+,49-,50+,51-,52-,53-,54-,55-,57-/m0/s1. The summed E-state index contributed by atoms with van der Waals surface area (Å²) >= 11 is 0. The zero-order chi connectivity index (χ0) is 76.3. The zero-order valence-electron chi connectivity index (χ0n) is 55.2. The maximum absolute atomic E-state index is 13.3. The molecule has 0 aromatic heterocycles. The van der Waals surface area contributed by atoms with Crippen LogP contribution in [0.4, 0.5) is 0 Å². The summed E-state index contributed by atoms with van der Waals surface area (Å²) in [5.41, 5.74) is 0. The maximum atomic E-state index is 13.3. The Bertz CT molecular complexity index is 2730. The van der Waals surface area contributed by atoms with Crippen molar-refractivity contribution in [2.45, 2.75) is 285 Å². The van der Waals surface area contributed by atoms with E-state index in [1.54, 1.807) is 0 Å². The smallest absolute Gasteiger partial charge is 0.364 e. The minimum atomic E-state index is -3.32. The Morgan fingerprint density at radius 2 is 0.835 bits per heavy atom. The van der Waals surface area contributed by atoms with Crippen molar-refractivity contribution < 1.29 is 213 Å². The number of aliphatic hydroxyl groups excluding tert-OH is 23. The quantitative estimate of drug-likeness (QED) is 0.0363. The molecule has 0 radical (unpaired) electrons. The van der Waals surface area contributed by atoms with Gasteiger partial charge in [-0.3, -0.25) is 14.4 Å². The third-order valence-electron chi connectivity index (χ3n) is 18.8. The summed E-state index contributed by atoms with van der Waals surface area (Å²) in [6.07, 6.45) is -78.1. The molecule has 0 aliphatic carbocycles. The topological polar surface area (TPSA) is 728 Å². The Balaban J connectivity index is 1.08. The zero-order valence-corrected chi connectivity index (χ0v) is 55.2. The van der Waals surface area contributed by atoms with Gasteiger partial charge in [0.25, 0.3) is 5.79 Å². The van der Waals surface area contributed by atoms with Crippen molar-refractivity contribution in [2.24, 2.45) is 0 Å². The molecule has 27 N–H and O–H groups in total. The van der Waals surface area contributed by atoms with Gasteiger partial charge in [-0.15, -0.1) is 0 Å². The van der Waals surface area contributed by atoms with Crippen LogP contribution in [0.5, 0.6) is 0 Å². The van der Waals surface area contributed by atoms with E-state index in [2.05, 4.69) is 16.0 Å². The Labute approximate surface area is 582 Å². The minimum Gasteiger partial charge on any atom is -0.477 e. The highest BCUT2D eigenvalue weighted by Crippen LogP contribution is 2.41. The summed E-state index contributed by atoms with van der Waals surface area (Å²) in [6.45, 7) is -3.78. The molecule has 103 heavy (non-hydrogen) atoms. The third kappa shape index (κ3) is 18.5. The number of hydrogen-bond donors (Lipinski definition) is 27. The van der Waals surface area contributed by atoms with Crippen molar-refractivity contribution in [3.05, 3.63) is 0 Å². The average Bonchev–Trinajstić information content (AvgIpc) is 0.761. The van der Waals surface area contributed by atoms with Gasteiger partial charge >= 0.3 is 5.97 Å². The van der Waals surface area contributed by atoms with E-state index in [1.165, 1.54) is 6.92 Å². The fraction of sp³-hybridized carbons (Fsp3) is 0.930. The minimum absolute atomic E-state index is 0.876. The van der Waals surface area contributed by atoms with Crippen LogP contribution in [0.2, 0.25) is 0 Å². The van der Waals surface area contributed by atoms with Crippen molar-refractivity contribution in [2.75, 3.05) is 46.2 Å². The van der Waals surface area contributed by atoms with Crippen LogP contribution < -0.4 is 16.0 Å². The van der Waals surface area contributed by atoms with Gasteiger partial charge in [-0.1, -0.05) is 0 Å². The monoisotopic (exact) mass is 1510 g/mol. The number of carboxylic acids is 1. The van der Waals surface area contributed by atoms with Gasteiger partial charge in [-0.05, 0) is 6.92 Å². The van der Waals surface area contributed by atoms with Gasteiger partial charge in [-0.25, -0.2) is 4.79 Å². The molecule has 8 saturated heterocycles. The van der Waals surface area contributed by atoms with E-state index in [0.29, 0.717) is 0 Å². The molecular weight excluding hydrogens is 1410 g/mol. The highest BCUT2D eigenvalue weighted by atomic mass is 16.8. The molecule has 8 fully saturated rings. The molecule has 0 saturated carbocycles. The molecule has 3 amide bonds. The molecule has 0 spiro atoms. The van der Waals surface area contributed by atoms with Gasteiger partial charge in [0.2, 0.25) is 17.7 Å². The molecule has 46 nitrogen and oxygen atoms in total. The Morgan fingerprint density at radius 3 is 1.35 bits per heavy atom. The Morgan fingerprint density at radius 1 is 0.417 bits per heavy atom. The summed E-state index contributed by atoms with van der Waals surface area (Å²) in [6, 6.07) is -5.67. The van der Waals surface area contributed by atoms with Gasteiger partial charge in [0, 0.05) is 27.2 Å². The SMILES string of the molecule is CC(=O)N[C@H]1[C@H](OC[C@H]2O[C@@H](O[C@H]3[C@H](O)[C@@H](O)[C@@H](O)O[C@@H]3CO)[C@H](O)[C@@H](O[C@@H]3O[C@H](CO)[C@@H](O[C@@H]4O[C@H](CO)[C@H](O)[C@H](O)[C@H]4O[C@]4(C(=O)O)C[C@H](O)[C@@H](NC(C)=O)[C@H]([C@H](O)[C@H](O)CO)O4)[C@H](O)[C@H]3NC(C)=O)[C@H]2O)O[C@H](CO)[C@@H](O[C@@H]2O[C@H](CO)[C@H](O)[C@H](O)[C@H]2O[C@@H]2O[C@@H](C)[C@@H](O)[C@@H](O)[C@@H]2O)[C@@H]1O. The summed E-state index contributed by atoms with van der Waals surface area (Å²) in [4.78, 5) is 51.5. The number of ether oxygens (including phenoxy) is 15. The predicted octanol–water partition coefficient (Wildman–Crippen LogP) is -17.8. The van der Waals surface area contributed by atoms with Gasteiger partial charge in [0.1, 0.15) is 183 Å². The molecule has 0 unspecified atom stereocenters. The highest BCUT2D eigenvalue weighted by molar-refractivity contribution is 5.77. The number of carbonyl (C=O) groups excluding carboxylic acids is 3. The van der Waals surface area contributed by atoms with E-state index >= 15 is 0 Å². The lowest BCUT2D eigenvalue weighted by atomic mass is 9.88. The maximum Gasteiger partial charge on any atom is 0.364 e. The van der Waals surface area contributed by atoms with Crippen LogP contribution in [-0.2, 0) is 90.2 Å². The van der Waals surface area contributed by atoms with Gasteiger partial charge in [0.05, 0.1) is 64.5 Å². The van der Waals surface area contributed by atoms with Crippen molar-refractivity contribution in [3.8, 4) is 0 Å². The number of nitrogens with one attached hydrogen (secondary N) is 3. The molecule has 8 heterocycles. The first-order valence-corrected chi connectivity index (χ1v) is 32.6. The molecular formula is C57H95N3O43. The van der Waals surface area contributed by atoms with Crippen LogP contribution in [0.25, 0.3) is 0 Å². The largest absolute Gasteiger partial charge is 0.477 e. The Kier molecular flexibility index (Phi) is 29.9. The summed E-state index contributed by atoms with van der Waals surface area (Å²) < 4.78 is 87.6. The van der Waals surface area contributed by atoms with Crippen LogP contribution in [-0.4, -0.2) is 444 Å². The molecule has 41 atom stereocenters. The first kappa shape index (κ1) is 85.0. The van der Waals surface area contributed by atoms with Crippen LogP contribution in [0.1, 0.15) is 34.1 Å². The van der Waals surface area contributed by atoms with E-state index in [0.717, 1.165) is 20.8 Å². The first-order chi connectivity index (χ1) is 48.5. The van der Waals surface area contributed by atoms with Crippen molar-refractivity contribution in [1.29, 1.82) is 0 Å². The second kappa shape index (κ2) is 36.3. The number of aliphatic carboxylic acids is 1. The number of hydrogen-bond acceptors (Lipinski definition) is 42. The number of amides is 3. The normalized spacial score (nSPS) is 48.3. The fourth-order valence-electron chi connectivity index (χ4n) is 13.2. The number of carboxylic acid groups (broad SMARTS) is 1. The molecule has 8 aliphatic rings. The van der Waals surface area contributed by atoms with E-state index in [1.807, 2.05) is 0 Å². The summed E-state index contributed by atoms with van der Waals surface area (Å²) in [7, 11) is 0. The summed E-state index contributed by atoms with van der Waals surface area (Å²) in [5, 5.41) is 270. The van der Waals surface area contributed by atoms with Crippen molar-refractivity contribution in [1.82, 2.24) is 16.0 Å². The molecule has 596 valence electrons. The van der Waals surface area contributed by atoms with E-state index in [-0.39, 0.29) is 0 Å². The first-order valence-electron chi connectivity index (χ1n) is 32.6. The Hall–Kier alpha value is -3.64. The van der Waals surface area contributed by atoms with Gasteiger partial charge in [0.15, 0.2) is 44.0 Å². The summed E-state index contributed by atoms with van der Waals surface area (Å²) in [5.74, 6) is -8.29. The van der Waals surface area contributed by atoms with Crippen LogP contribution in [0, 0.1) is 0 Å². The number of carbonyl (C=O) groups is 4. The fourth-order valence-corrected chi connectivity index (χ4v) is 13.2. The van der Waals surface area contributed by atoms with Crippen LogP contribution in [0.15, 0.2) is 0 Å². The molecule has 0 aromatic carbocycles. The van der Waals surface area contributed by atoms with Crippen molar-refractivity contribution >= 4 is 23.7 Å². The second-order valence-electron chi connectivity index (χ2n) is 26.0. The predicted molar refractivity (Wildman–Crippen MR) is 315 cm³/mol. The molecule has 46 heteroatoms. The lowest BCUT2D eigenvalue weighted by molar-refractivity contribution is -0.398. The average molecular weight is 1510 g/mol.